The van der Waals surface area contributed by atoms with Gasteiger partial charge in [0.05, 0.1) is 5.75 Å². The molecule has 1 amide bonds. The minimum absolute atomic E-state index is 0.115. The van der Waals surface area contributed by atoms with Crippen molar-refractivity contribution in [1.29, 1.82) is 0 Å². The summed E-state index contributed by atoms with van der Waals surface area (Å²) in [7, 11) is 0. The Morgan fingerprint density at radius 3 is 2.54 bits per heavy atom. The maximum absolute atomic E-state index is 12.2. The first kappa shape index (κ1) is 20.2. The highest BCUT2D eigenvalue weighted by atomic mass is 35.5. The molecule has 0 saturated heterocycles. The van der Waals surface area contributed by atoms with Crippen LogP contribution < -0.4 is 10.1 Å². The minimum Gasteiger partial charge on any atom is -0.486 e. The molecule has 0 spiro atoms. The SMILES string of the molecule is CCn1c(COc2ccc(C)cc2)nnc1SCC(=O)Nc1ccc(Cl)cc1. The lowest BCUT2D eigenvalue weighted by Gasteiger charge is -2.09. The molecule has 0 atom stereocenters. The van der Waals surface area contributed by atoms with E-state index in [1.165, 1.54) is 17.3 Å². The molecule has 146 valence electrons. The van der Waals surface area contributed by atoms with E-state index >= 15 is 0 Å². The number of ether oxygens (including phenoxy) is 1. The van der Waals surface area contributed by atoms with Crippen molar-refractivity contribution in [2.45, 2.75) is 32.2 Å². The number of carbonyl (C=O) groups is 1. The lowest BCUT2D eigenvalue weighted by Crippen LogP contribution is -2.14. The van der Waals surface area contributed by atoms with Crippen molar-refractivity contribution in [3.05, 3.63) is 64.9 Å². The summed E-state index contributed by atoms with van der Waals surface area (Å²) in [4.78, 5) is 12.2. The lowest BCUT2D eigenvalue weighted by molar-refractivity contribution is -0.113. The van der Waals surface area contributed by atoms with Crippen LogP contribution in [0.1, 0.15) is 18.3 Å². The van der Waals surface area contributed by atoms with Crippen LogP contribution in [0.25, 0.3) is 0 Å². The molecule has 2 aromatic carbocycles. The molecule has 0 aliphatic rings. The van der Waals surface area contributed by atoms with E-state index in [1.807, 2.05) is 42.7 Å². The largest absolute Gasteiger partial charge is 0.486 e. The zero-order valence-electron chi connectivity index (χ0n) is 15.7. The maximum atomic E-state index is 12.2. The summed E-state index contributed by atoms with van der Waals surface area (Å²) in [6.07, 6.45) is 0. The Bertz CT molecular complexity index is 926. The molecule has 3 rings (SSSR count). The average molecular weight is 417 g/mol. The number of benzene rings is 2. The molecule has 0 aliphatic heterocycles. The zero-order chi connectivity index (χ0) is 19.9. The predicted octanol–water partition coefficient (Wildman–Crippen LogP) is 4.57. The number of anilines is 1. The molecule has 8 heteroatoms. The van der Waals surface area contributed by atoms with Gasteiger partial charge in [-0.1, -0.05) is 41.1 Å². The van der Waals surface area contributed by atoms with Gasteiger partial charge in [0.1, 0.15) is 12.4 Å². The third-order valence-electron chi connectivity index (χ3n) is 3.96. The Morgan fingerprint density at radius 2 is 1.86 bits per heavy atom. The van der Waals surface area contributed by atoms with Crippen LogP contribution in [-0.4, -0.2) is 26.4 Å². The van der Waals surface area contributed by atoms with Crippen molar-refractivity contribution in [3.63, 3.8) is 0 Å². The molecule has 28 heavy (non-hydrogen) atoms. The van der Waals surface area contributed by atoms with Gasteiger partial charge in [0.2, 0.25) is 5.91 Å². The summed E-state index contributed by atoms with van der Waals surface area (Å²) in [6, 6.07) is 14.9. The van der Waals surface area contributed by atoms with Crippen molar-refractivity contribution in [2.75, 3.05) is 11.1 Å². The van der Waals surface area contributed by atoms with Crippen molar-refractivity contribution >= 4 is 35.0 Å². The fourth-order valence-corrected chi connectivity index (χ4v) is 3.44. The highest BCUT2D eigenvalue weighted by Gasteiger charge is 2.14. The standard InChI is InChI=1S/C20H21ClN4O2S/c1-3-25-18(12-27-17-10-4-14(2)5-11-17)23-24-20(25)28-13-19(26)22-16-8-6-15(21)7-9-16/h4-11H,3,12-13H2,1-2H3,(H,22,26). The molecule has 6 nitrogen and oxygen atoms in total. The van der Waals surface area contributed by atoms with Crippen molar-refractivity contribution in [2.24, 2.45) is 0 Å². The zero-order valence-corrected chi connectivity index (χ0v) is 17.3. The quantitative estimate of drug-likeness (QED) is 0.545. The summed E-state index contributed by atoms with van der Waals surface area (Å²) >= 11 is 7.19. The third kappa shape index (κ3) is 5.50. The third-order valence-corrected chi connectivity index (χ3v) is 5.18. The van der Waals surface area contributed by atoms with Gasteiger partial charge >= 0.3 is 0 Å². The van der Waals surface area contributed by atoms with Crippen LogP contribution in [0, 0.1) is 6.92 Å². The normalized spacial score (nSPS) is 10.7. The fourth-order valence-electron chi connectivity index (χ4n) is 2.49. The van der Waals surface area contributed by atoms with E-state index in [-0.39, 0.29) is 11.7 Å². The van der Waals surface area contributed by atoms with Crippen LogP contribution in [0.15, 0.2) is 53.7 Å². The van der Waals surface area contributed by atoms with Crippen LogP contribution in [0.2, 0.25) is 5.02 Å². The fraction of sp³-hybridized carbons (Fsp3) is 0.250. The number of hydrogen-bond acceptors (Lipinski definition) is 5. The molecular formula is C20H21ClN4O2S. The van der Waals surface area contributed by atoms with Crippen molar-refractivity contribution in [1.82, 2.24) is 14.8 Å². The van der Waals surface area contributed by atoms with Gasteiger partial charge in [-0.15, -0.1) is 10.2 Å². The molecule has 0 saturated carbocycles. The van der Waals surface area contributed by atoms with Gasteiger partial charge in [0.15, 0.2) is 11.0 Å². The smallest absolute Gasteiger partial charge is 0.234 e. The van der Waals surface area contributed by atoms with Crippen molar-refractivity contribution in [3.8, 4) is 5.75 Å². The Kier molecular flexibility index (Phi) is 6.95. The van der Waals surface area contributed by atoms with E-state index in [0.29, 0.717) is 29.0 Å². The maximum Gasteiger partial charge on any atom is 0.234 e. The highest BCUT2D eigenvalue weighted by Crippen LogP contribution is 2.20. The van der Waals surface area contributed by atoms with E-state index < -0.39 is 0 Å². The summed E-state index contributed by atoms with van der Waals surface area (Å²) in [5.41, 5.74) is 1.89. The topological polar surface area (TPSA) is 69.0 Å². The van der Waals surface area contributed by atoms with Crippen molar-refractivity contribution < 1.29 is 9.53 Å². The molecule has 1 N–H and O–H groups in total. The molecular weight excluding hydrogens is 396 g/mol. The van der Waals surface area contributed by atoms with Gasteiger partial charge in [-0.05, 0) is 50.2 Å². The summed E-state index contributed by atoms with van der Waals surface area (Å²) < 4.78 is 7.75. The monoisotopic (exact) mass is 416 g/mol. The summed E-state index contributed by atoms with van der Waals surface area (Å²) in [5, 5.41) is 12.6. The van der Waals surface area contributed by atoms with Crippen LogP contribution in [0.4, 0.5) is 5.69 Å². The van der Waals surface area contributed by atoms with E-state index in [1.54, 1.807) is 24.3 Å². The van der Waals surface area contributed by atoms with E-state index in [2.05, 4.69) is 15.5 Å². The molecule has 0 fully saturated rings. The van der Waals surface area contributed by atoms with Gasteiger partial charge in [-0.25, -0.2) is 0 Å². The molecule has 0 radical (unpaired) electrons. The predicted molar refractivity (Wildman–Crippen MR) is 112 cm³/mol. The van der Waals surface area contributed by atoms with Gasteiger partial charge in [-0.2, -0.15) is 0 Å². The van der Waals surface area contributed by atoms with E-state index in [0.717, 1.165) is 11.6 Å². The number of halogens is 1. The van der Waals surface area contributed by atoms with Gasteiger partial charge in [0.25, 0.3) is 0 Å². The Labute approximate surface area is 173 Å². The van der Waals surface area contributed by atoms with Crippen LogP contribution in [0.3, 0.4) is 0 Å². The van der Waals surface area contributed by atoms with E-state index in [9.17, 15) is 4.79 Å². The number of nitrogens with zero attached hydrogens (tertiary/aromatic N) is 3. The second kappa shape index (κ2) is 9.61. The van der Waals surface area contributed by atoms with Gasteiger partial charge in [-0.3, -0.25) is 4.79 Å². The number of carbonyl (C=O) groups excluding carboxylic acids is 1. The Balaban J connectivity index is 1.56. The lowest BCUT2D eigenvalue weighted by atomic mass is 10.2. The van der Waals surface area contributed by atoms with Crippen LogP contribution in [0.5, 0.6) is 5.75 Å². The Morgan fingerprint density at radius 1 is 1.14 bits per heavy atom. The first-order valence-electron chi connectivity index (χ1n) is 8.85. The first-order valence-corrected chi connectivity index (χ1v) is 10.2. The molecule has 1 heterocycles. The number of aryl methyl sites for hydroxylation is 1. The minimum atomic E-state index is -0.115. The molecule has 1 aromatic heterocycles. The Hall–Kier alpha value is -2.51. The van der Waals surface area contributed by atoms with E-state index in [4.69, 9.17) is 16.3 Å². The number of amides is 1. The number of rotatable bonds is 8. The summed E-state index contributed by atoms with van der Waals surface area (Å²) in [5.74, 6) is 1.63. The second-order valence-corrected chi connectivity index (χ2v) is 7.47. The molecule has 3 aromatic rings. The first-order chi connectivity index (χ1) is 13.5. The molecule has 0 aliphatic carbocycles. The van der Waals surface area contributed by atoms with Crippen LogP contribution in [-0.2, 0) is 17.9 Å². The number of thioether (sulfide) groups is 1. The average Bonchev–Trinajstić information content (AvgIpc) is 3.09. The van der Waals surface area contributed by atoms with Gasteiger partial charge in [0, 0.05) is 17.3 Å². The summed E-state index contributed by atoms with van der Waals surface area (Å²) in [6.45, 7) is 5.06. The second-order valence-electron chi connectivity index (χ2n) is 6.09. The molecule has 0 unspecified atom stereocenters. The number of nitrogens with one attached hydrogen (secondary N) is 1. The molecule has 0 bridgehead atoms. The van der Waals surface area contributed by atoms with Crippen LogP contribution >= 0.6 is 23.4 Å². The van der Waals surface area contributed by atoms with Gasteiger partial charge < -0.3 is 14.6 Å². The number of hydrogen-bond donors (Lipinski definition) is 1. The number of aromatic nitrogens is 3. The highest BCUT2D eigenvalue weighted by molar-refractivity contribution is 7.99.